The van der Waals surface area contributed by atoms with Gasteiger partial charge in [-0.25, -0.2) is 0 Å². The summed E-state index contributed by atoms with van der Waals surface area (Å²) >= 11 is 0.725. The maximum absolute atomic E-state index is 11.0. The van der Waals surface area contributed by atoms with Gasteiger partial charge >= 0.3 is 0 Å². The molecule has 0 saturated heterocycles. The van der Waals surface area contributed by atoms with Gasteiger partial charge in [0.2, 0.25) is 5.91 Å². The SMILES string of the molecule is NC(=O)S[C@H](C(N)=O)c1ccccc1. The number of thioether (sulfide) groups is 1. The van der Waals surface area contributed by atoms with E-state index in [0.717, 1.165) is 11.8 Å². The minimum absolute atomic E-state index is 0.569. The van der Waals surface area contributed by atoms with Gasteiger partial charge in [-0.05, 0) is 17.3 Å². The summed E-state index contributed by atoms with van der Waals surface area (Å²) in [7, 11) is 0. The Kier molecular flexibility index (Phi) is 3.53. The molecule has 1 rings (SSSR count). The van der Waals surface area contributed by atoms with E-state index in [-0.39, 0.29) is 0 Å². The van der Waals surface area contributed by atoms with E-state index in [2.05, 4.69) is 0 Å². The van der Waals surface area contributed by atoms with Crippen LogP contribution in [0, 0.1) is 0 Å². The lowest BCUT2D eigenvalue weighted by Crippen LogP contribution is -2.21. The first-order valence-corrected chi connectivity index (χ1v) is 4.79. The van der Waals surface area contributed by atoms with E-state index in [1.165, 1.54) is 0 Å². The van der Waals surface area contributed by atoms with Crippen molar-refractivity contribution in [2.45, 2.75) is 5.25 Å². The maximum atomic E-state index is 11.0. The lowest BCUT2D eigenvalue weighted by molar-refractivity contribution is -0.117. The molecule has 1 aromatic carbocycles. The summed E-state index contributed by atoms with van der Waals surface area (Å²) in [6.45, 7) is 0. The minimum atomic E-state index is -0.700. The molecule has 0 radical (unpaired) electrons. The van der Waals surface area contributed by atoms with Gasteiger partial charge in [0.1, 0.15) is 5.25 Å². The van der Waals surface area contributed by atoms with Crippen LogP contribution in [0.4, 0.5) is 4.79 Å². The summed E-state index contributed by atoms with van der Waals surface area (Å²) in [5.41, 5.74) is 10.8. The second-order valence-electron chi connectivity index (χ2n) is 2.63. The van der Waals surface area contributed by atoms with E-state index in [0.29, 0.717) is 5.56 Å². The molecule has 0 aliphatic carbocycles. The van der Waals surface area contributed by atoms with Crippen LogP contribution in [0.15, 0.2) is 30.3 Å². The topological polar surface area (TPSA) is 86.2 Å². The second kappa shape index (κ2) is 4.66. The normalized spacial score (nSPS) is 12.0. The molecule has 0 heterocycles. The van der Waals surface area contributed by atoms with Crippen molar-refractivity contribution in [1.29, 1.82) is 0 Å². The molecule has 4 N–H and O–H groups in total. The summed E-state index contributed by atoms with van der Waals surface area (Å²) in [6.07, 6.45) is 0. The Bertz CT molecular complexity index is 340. The van der Waals surface area contributed by atoms with Crippen LogP contribution in [0.3, 0.4) is 0 Å². The van der Waals surface area contributed by atoms with Gasteiger partial charge in [-0.3, -0.25) is 9.59 Å². The Morgan fingerprint density at radius 2 is 1.71 bits per heavy atom. The Morgan fingerprint density at radius 3 is 2.14 bits per heavy atom. The molecule has 1 aromatic rings. The van der Waals surface area contributed by atoms with E-state index in [9.17, 15) is 9.59 Å². The standard InChI is InChI=1S/C9H10N2O2S/c10-8(12)7(14-9(11)13)6-4-2-1-3-5-6/h1-5,7H,(H2,10,12)(H2,11,13)/t7-/m0/s1. The molecule has 0 spiro atoms. The average Bonchev–Trinajstić information content (AvgIpc) is 2.15. The van der Waals surface area contributed by atoms with E-state index < -0.39 is 16.4 Å². The molecule has 0 aliphatic heterocycles. The molecule has 1 atom stereocenters. The maximum Gasteiger partial charge on any atom is 0.277 e. The highest BCUT2D eigenvalue weighted by atomic mass is 32.2. The van der Waals surface area contributed by atoms with Crippen molar-refractivity contribution in [3.05, 3.63) is 35.9 Å². The van der Waals surface area contributed by atoms with Crippen LogP contribution in [0.25, 0.3) is 0 Å². The van der Waals surface area contributed by atoms with Crippen LogP contribution in [0.2, 0.25) is 0 Å². The van der Waals surface area contributed by atoms with Crippen molar-refractivity contribution in [3.63, 3.8) is 0 Å². The average molecular weight is 210 g/mol. The van der Waals surface area contributed by atoms with Gasteiger partial charge in [0.25, 0.3) is 5.24 Å². The van der Waals surface area contributed by atoms with Crippen molar-refractivity contribution in [2.75, 3.05) is 0 Å². The molecule has 0 aromatic heterocycles. The number of carbonyl (C=O) groups is 2. The largest absolute Gasteiger partial charge is 0.368 e. The molecular formula is C9H10N2O2S. The number of hydrogen-bond donors (Lipinski definition) is 2. The van der Waals surface area contributed by atoms with Crippen LogP contribution in [-0.4, -0.2) is 11.1 Å². The lowest BCUT2D eigenvalue weighted by atomic mass is 10.1. The molecule has 4 nitrogen and oxygen atoms in total. The summed E-state index contributed by atoms with van der Waals surface area (Å²) < 4.78 is 0. The third kappa shape index (κ3) is 2.77. The first-order valence-electron chi connectivity index (χ1n) is 3.91. The van der Waals surface area contributed by atoms with Gasteiger partial charge in [-0.2, -0.15) is 0 Å². The van der Waals surface area contributed by atoms with Crippen molar-refractivity contribution >= 4 is 22.9 Å². The fourth-order valence-electron chi connectivity index (χ4n) is 1.03. The number of benzene rings is 1. The first-order chi connectivity index (χ1) is 6.61. The molecule has 0 unspecified atom stereocenters. The first kappa shape index (κ1) is 10.6. The molecule has 0 saturated carbocycles. The quantitative estimate of drug-likeness (QED) is 0.781. The smallest absolute Gasteiger partial charge is 0.277 e. The number of carbonyl (C=O) groups excluding carboxylic acids is 2. The molecule has 5 heteroatoms. The molecule has 2 amide bonds. The zero-order chi connectivity index (χ0) is 10.6. The van der Waals surface area contributed by atoms with Crippen molar-refractivity contribution in [3.8, 4) is 0 Å². The van der Waals surface area contributed by atoms with E-state index in [1.807, 2.05) is 6.07 Å². The third-order valence-corrected chi connectivity index (χ3v) is 2.57. The summed E-state index contributed by atoms with van der Waals surface area (Å²) in [5.74, 6) is -0.569. The molecule has 0 fully saturated rings. The van der Waals surface area contributed by atoms with Gasteiger partial charge in [-0.15, -0.1) is 0 Å². The van der Waals surface area contributed by atoms with Gasteiger partial charge in [0.05, 0.1) is 0 Å². The molecular weight excluding hydrogens is 200 g/mol. The van der Waals surface area contributed by atoms with E-state index in [1.54, 1.807) is 24.3 Å². The summed E-state index contributed by atoms with van der Waals surface area (Å²) in [4.78, 5) is 21.7. The lowest BCUT2D eigenvalue weighted by Gasteiger charge is -2.10. The molecule has 0 aliphatic rings. The van der Waals surface area contributed by atoms with Crippen molar-refractivity contribution in [1.82, 2.24) is 0 Å². The van der Waals surface area contributed by atoms with Gasteiger partial charge < -0.3 is 11.5 Å². The van der Waals surface area contributed by atoms with Crippen molar-refractivity contribution < 1.29 is 9.59 Å². The highest BCUT2D eigenvalue weighted by Gasteiger charge is 2.20. The van der Waals surface area contributed by atoms with E-state index >= 15 is 0 Å². The van der Waals surface area contributed by atoms with Crippen LogP contribution in [-0.2, 0) is 4.79 Å². The fourth-order valence-corrected chi connectivity index (χ4v) is 1.68. The molecule has 74 valence electrons. The van der Waals surface area contributed by atoms with Gasteiger partial charge in [0, 0.05) is 0 Å². The highest BCUT2D eigenvalue weighted by Crippen LogP contribution is 2.27. The zero-order valence-corrected chi connectivity index (χ0v) is 8.16. The molecule has 0 bridgehead atoms. The second-order valence-corrected chi connectivity index (χ2v) is 3.74. The van der Waals surface area contributed by atoms with Gasteiger partial charge in [0.15, 0.2) is 0 Å². The number of amides is 2. The number of nitrogens with two attached hydrogens (primary N) is 2. The Morgan fingerprint density at radius 1 is 1.14 bits per heavy atom. The Labute approximate surface area is 85.7 Å². The Hall–Kier alpha value is -1.49. The number of hydrogen-bond acceptors (Lipinski definition) is 3. The minimum Gasteiger partial charge on any atom is -0.368 e. The monoisotopic (exact) mass is 210 g/mol. The van der Waals surface area contributed by atoms with Crippen LogP contribution in [0.5, 0.6) is 0 Å². The van der Waals surface area contributed by atoms with E-state index in [4.69, 9.17) is 11.5 Å². The van der Waals surface area contributed by atoms with Crippen molar-refractivity contribution in [2.24, 2.45) is 11.5 Å². The number of rotatable bonds is 3. The highest BCUT2D eigenvalue weighted by molar-refractivity contribution is 8.14. The number of primary amides is 2. The predicted octanol–water partition coefficient (Wildman–Crippen LogP) is 1.02. The predicted molar refractivity (Wildman–Crippen MR) is 55.6 cm³/mol. The zero-order valence-electron chi connectivity index (χ0n) is 7.34. The third-order valence-electron chi connectivity index (χ3n) is 1.59. The molecule has 14 heavy (non-hydrogen) atoms. The summed E-state index contributed by atoms with van der Waals surface area (Å²) in [6, 6.07) is 8.81. The van der Waals surface area contributed by atoms with Crippen LogP contribution >= 0.6 is 11.8 Å². The Balaban J connectivity index is 2.89. The summed E-state index contributed by atoms with van der Waals surface area (Å²) in [5, 5.41) is -1.31. The van der Waals surface area contributed by atoms with Gasteiger partial charge in [-0.1, -0.05) is 30.3 Å². The van der Waals surface area contributed by atoms with Crippen LogP contribution in [0.1, 0.15) is 10.8 Å². The van der Waals surface area contributed by atoms with Crippen LogP contribution < -0.4 is 11.5 Å². The fraction of sp³-hybridized carbons (Fsp3) is 0.111.